The molecule has 4 atom stereocenters. The number of thioether (sulfide) groups is 1. The zero-order valence-corrected chi connectivity index (χ0v) is 11.3. The summed E-state index contributed by atoms with van der Waals surface area (Å²) in [6.45, 7) is 0. The number of carboxylic acids is 1. The van der Waals surface area contributed by atoms with Gasteiger partial charge < -0.3 is 10.4 Å². The molecule has 18 heavy (non-hydrogen) atoms. The maximum atomic E-state index is 12.1. The van der Waals surface area contributed by atoms with Gasteiger partial charge in [-0.05, 0) is 43.1 Å². The fourth-order valence-electron chi connectivity index (χ4n) is 2.85. The maximum absolute atomic E-state index is 12.1. The summed E-state index contributed by atoms with van der Waals surface area (Å²) in [4.78, 5) is 23.2. The van der Waals surface area contributed by atoms with Crippen molar-refractivity contribution in [3.8, 4) is 0 Å². The molecule has 0 aromatic heterocycles. The van der Waals surface area contributed by atoms with E-state index in [4.69, 9.17) is 5.11 Å². The Morgan fingerprint density at radius 2 is 2.22 bits per heavy atom. The molecule has 3 unspecified atom stereocenters. The second-order valence-corrected chi connectivity index (χ2v) is 6.05. The van der Waals surface area contributed by atoms with Crippen molar-refractivity contribution in [3.05, 3.63) is 12.2 Å². The zero-order chi connectivity index (χ0) is 13.1. The smallest absolute Gasteiger partial charge is 0.326 e. The second kappa shape index (κ2) is 5.78. The first-order valence-electron chi connectivity index (χ1n) is 6.32. The number of fused-ring (bicyclic) bond motifs is 2. The number of carboxylic acid groups (broad SMARTS) is 1. The van der Waals surface area contributed by atoms with E-state index in [1.807, 2.05) is 6.26 Å². The summed E-state index contributed by atoms with van der Waals surface area (Å²) in [5, 5.41) is 11.8. The van der Waals surface area contributed by atoms with Gasteiger partial charge in [0.15, 0.2) is 0 Å². The molecule has 1 amide bonds. The number of amides is 1. The minimum Gasteiger partial charge on any atom is -0.480 e. The molecule has 1 saturated carbocycles. The Labute approximate surface area is 111 Å². The summed E-state index contributed by atoms with van der Waals surface area (Å²) in [5.74, 6) is 0.561. The van der Waals surface area contributed by atoms with Crippen LogP contribution in [0.25, 0.3) is 0 Å². The van der Waals surface area contributed by atoms with Gasteiger partial charge in [-0.3, -0.25) is 4.79 Å². The standard InChI is InChI=1S/C13H19NO3S/c1-18-5-4-11(13(16)17)14-12(15)10-7-8-2-3-9(10)6-8/h2-3,8-11H,4-7H2,1H3,(H,14,15)(H,16,17)/t8?,9?,10?,11-/m1/s1. The summed E-state index contributed by atoms with van der Waals surface area (Å²) < 4.78 is 0. The van der Waals surface area contributed by atoms with Gasteiger partial charge in [-0.2, -0.15) is 11.8 Å². The number of allylic oxidation sites excluding steroid dienone is 2. The van der Waals surface area contributed by atoms with Crippen molar-refractivity contribution < 1.29 is 14.7 Å². The largest absolute Gasteiger partial charge is 0.480 e. The molecule has 2 N–H and O–H groups in total. The van der Waals surface area contributed by atoms with Crippen LogP contribution in [-0.2, 0) is 9.59 Å². The van der Waals surface area contributed by atoms with Crippen LogP contribution in [-0.4, -0.2) is 35.0 Å². The number of carbonyl (C=O) groups is 2. The molecule has 2 aliphatic carbocycles. The first-order chi connectivity index (χ1) is 8.61. The van der Waals surface area contributed by atoms with Crippen LogP contribution in [0.15, 0.2) is 12.2 Å². The summed E-state index contributed by atoms with van der Waals surface area (Å²) in [6, 6.07) is -0.743. The normalized spacial score (nSPS) is 30.4. The molecule has 0 radical (unpaired) electrons. The number of nitrogens with one attached hydrogen (secondary N) is 1. The Morgan fingerprint density at radius 3 is 2.72 bits per heavy atom. The summed E-state index contributed by atoms with van der Waals surface area (Å²) in [7, 11) is 0. The molecule has 2 aliphatic rings. The number of rotatable bonds is 6. The zero-order valence-electron chi connectivity index (χ0n) is 10.5. The van der Waals surface area contributed by atoms with Crippen LogP contribution in [0.1, 0.15) is 19.3 Å². The second-order valence-electron chi connectivity index (χ2n) is 5.07. The maximum Gasteiger partial charge on any atom is 0.326 e. The highest BCUT2D eigenvalue weighted by Gasteiger charge is 2.40. The lowest BCUT2D eigenvalue weighted by Crippen LogP contribution is -2.44. The molecular weight excluding hydrogens is 250 g/mol. The molecule has 0 saturated heterocycles. The molecule has 0 heterocycles. The molecule has 0 aliphatic heterocycles. The van der Waals surface area contributed by atoms with E-state index < -0.39 is 12.0 Å². The van der Waals surface area contributed by atoms with Crippen LogP contribution in [0, 0.1) is 17.8 Å². The first-order valence-corrected chi connectivity index (χ1v) is 7.71. The van der Waals surface area contributed by atoms with Crippen LogP contribution in [0.4, 0.5) is 0 Å². The molecule has 100 valence electrons. The highest BCUT2D eigenvalue weighted by atomic mass is 32.2. The van der Waals surface area contributed by atoms with Crippen molar-refractivity contribution in [2.75, 3.05) is 12.0 Å². The van der Waals surface area contributed by atoms with E-state index in [9.17, 15) is 9.59 Å². The Bertz CT molecular complexity index is 369. The van der Waals surface area contributed by atoms with E-state index in [2.05, 4.69) is 17.5 Å². The quantitative estimate of drug-likeness (QED) is 0.718. The van der Waals surface area contributed by atoms with Gasteiger partial charge in [0.05, 0.1) is 0 Å². The fraction of sp³-hybridized carbons (Fsp3) is 0.692. The summed E-state index contributed by atoms with van der Waals surface area (Å²) in [6.07, 6.45) is 8.63. The molecule has 1 fully saturated rings. The van der Waals surface area contributed by atoms with Crippen molar-refractivity contribution in [1.82, 2.24) is 5.32 Å². The number of hydrogen-bond donors (Lipinski definition) is 2. The highest BCUT2D eigenvalue weighted by Crippen LogP contribution is 2.43. The lowest BCUT2D eigenvalue weighted by molar-refractivity contribution is -0.142. The van der Waals surface area contributed by atoms with E-state index in [0.29, 0.717) is 18.3 Å². The molecule has 4 nitrogen and oxygen atoms in total. The topological polar surface area (TPSA) is 66.4 Å². The Morgan fingerprint density at radius 1 is 1.44 bits per heavy atom. The van der Waals surface area contributed by atoms with Crippen LogP contribution < -0.4 is 5.32 Å². The van der Waals surface area contributed by atoms with E-state index in [0.717, 1.165) is 18.6 Å². The molecule has 5 heteroatoms. The summed E-state index contributed by atoms with van der Waals surface area (Å²) in [5.41, 5.74) is 0. The van der Waals surface area contributed by atoms with E-state index in [1.54, 1.807) is 11.8 Å². The Balaban J connectivity index is 1.89. The van der Waals surface area contributed by atoms with E-state index in [1.165, 1.54) is 0 Å². The molecule has 0 spiro atoms. The van der Waals surface area contributed by atoms with Crippen molar-refractivity contribution in [1.29, 1.82) is 0 Å². The predicted molar refractivity (Wildman–Crippen MR) is 71.4 cm³/mol. The predicted octanol–water partition coefficient (Wildman–Crippen LogP) is 1.52. The Hall–Kier alpha value is -0.970. The molecule has 2 rings (SSSR count). The van der Waals surface area contributed by atoms with E-state index >= 15 is 0 Å². The lowest BCUT2D eigenvalue weighted by Gasteiger charge is -2.21. The van der Waals surface area contributed by atoms with Crippen LogP contribution in [0.5, 0.6) is 0 Å². The van der Waals surface area contributed by atoms with Crippen LogP contribution in [0.3, 0.4) is 0 Å². The third-order valence-electron chi connectivity index (χ3n) is 3.84. The number of carbonyl (C=O) groups excluding carboxylic acids is 1. The molecule has 0 aromatic rings. The van der Waals surface area contributed by atoms with Crippen molar-refractivity contribution in [2.45, 2.75) is 25.3 Å². The fourth-order valence-corrected chi connectivity index (χ4v) is 3.33. The van der Waals surface area contributed by atoms with Gasteiger partial charge in [0.1, 0.15) is 6.04 Å². The molecule has 0 aromatic carbocycles. The first kappa shape index (κ1) is 13.5. The number of hydrogen-bond acceptors (Lipinski definition) is 3. The van der Waals surface area contributed by atoms with Crippen molar-refractivity contribution in [2.24, 2.45) is 17.8 Å². The monoisotopic (exact) mass is 269 g/mol. The number of aliphatic carboxylic acids is 1. The van der Waals surface area contributed by atoms with Crippen molar-refractivity contribution in [3.63, 3.8) is 0 Å². The van der Waals surface area contributed by atoms with Crippen molar-refractivity contribution >= 4 is 23.6 Å². The SMILES string of the molecule is CSCC[C@@H](NC(=O)C1CC2C=CC1C2)C(=O)O. The van der Waals surface area contributed by atoms with Gasteiger partial charge in [0.25, 0.3) is 0 Å². The van der Waals surface area contributed by atoms with Gasteiger partial charge in [-0.15, -0.1) is 0 Å². The van der Waals surface area contributed by atoms with Gasteiger partial charge >= 0.3 is 5.97 Å². The third kappa shape index (κ3) is 2.88. The van der Waals surface area contributed by atoms with Gasteiger partial charge in [0, 0.05) is 5.92 Å². The highest BCUT2D eigenvalue weighted by molar-refractivity contribution is 7.98. The average Bonchev–Trinajstić information content (AvgIpc) is 2.95. The van der Waals surface area contributed by atoms with Crippen LogP contribution >= 0.6 is 11.8 Å². The molecule has 2 bridgehead atoms. The minimum absolute atomic E-state index is 0.0175. The van der Waals surface area contributed by atoms with Gasteiger partial charge in [-0.1, -0.05) is 12.2 Å². The Kier molecular flexibility index (Phi) is 4.32. The lowest BCUT2D eigenvalue weighted by atomic mass is 9.92. The van der Waals surface area contributed by atoms with E-state index in [-0.39, 0.29) is 11.8 Å². The third-order valence-corrected chi connectivity index (χ3v) is 4.48. The average molecular weight is 269 g/mol. The van der Waals surface area contributed by atoms with Gasteiger partial charge in [-0.25, -0.2) is 4.79 Å². The minimum atomic E-state index is -0.934. The van der Waals surface area contributed by atoms with Gasteiger partial charge in [0.2, 0.25) is 5.91 Å². The summed E-state index contributed by atoms with van der Waals surface area (Å²) >= 11 is 1.59. The van der Waals surface area contributed by atoms with Crippen LogP contribution in [0.2, 0.25) is 0 Å². The molecular formula is C13H19NO3S.